The standard InChI is InChI=1S/C12H17ClN4S/c1-7(2)8(3)18-6-10-15-11(13)9-5-14-17(4)12(9)16-10/h5,7-8H,6H2,1-4H3. The third-order valence-corrected chi connectivity index (χ3v) is 4.79. The Morgan fingerprint density at radius 3 is 2.72 bits per heavy atom. The zero-order valence-corrected chi connectivity index (χ0v) is 12.6. The van der Waals surface area contributed by atoms with Crippen molar-refractivity contribution in [2.45, 2.75) is 31.8 Å². The van der Waals surface area contributed by atoms with E-state index in [0.29, 0.717) is 16.3 Å². The first kappa shape index (κ1) is 13.6. The lowest BCUT2D eigenvalue weighted by molar-refractivity contribution is 0.642. The number of fused-ring (bicyclic) bond motifs is 1. The number of thioether (sulfide) groups is 1. The Kier molecular flexibility index (Phi) is 4.12. The summed E-state index contributed by atoms with van der Waals surface area (Å²) >= 11 is 7.99. The molecule has 0 saturated carbocycles. The van der Waals surface area contributed by atoms with E-state index in [9.17, 15) is 0 Å². The van der Waals surface area contributed by atoms with Crippen molar-refractivity contribution >= 4 is 34.4 Å². The highest BCUT2D eigenvalue weighted by molar-refractivity contribution is 7.99. The average Bonchev–Trinajstić information content (AvgIpc) is 2.68. The molecule has 0 aliphatic carbocycles. The molecule has 0 spiro atoms. The summed E-state index contributed by atoms with van der Waals surface area (Å²) in [6.45, 7) is 6.66. The highest BCUT2D eigenvalue weighted by Crippen LogP contribution is 2.24. The van der Waals surface area contributed by atoms with Crippen LogP contribution in [-0.4, -0.2) is 25.0 Å². The van der Waals surface area contributed by atoms with Gasteiger partial charge in [0, 0.05) is 12.3 Å². The maximum Gasteiger partial charge on any atom is 0.162 e. The Morgan fingerprint density at radius 1 is 1.33 bits per heavy atom. The van der Waals surface area contributed by atoms with Crippen LogP contribution in [0.25, 0.3) is 11.0 Å². The number of hydrogen-bond acceptors (Lipinski definition) is 4. The van der Waals surface area contributed by atoms with Crippen LogP contribution in [0.1, 0.15) is 26.6 Å². The van der Waals surface area contributed by atoms with Crippen LogP contribution in [0, 0.1) is 5.92 Å². The molecule has 2 aromatic heterocycles. The molecule has 0 N–H and O–H groups in total. The van der Waals surface area contributed by atoms with Crippen molar-refractivity contribution in [2.24, 2.45) is 13.0 Å². The van der Waals surface area contributed by atoms with Crippen molar-refractivity contribution in [1.82, 2.24) is 19.7 Å². The topological polar surface area (TPSA) is 43.6 Å². The van der Waals surface area contributed by atoms with Gasteiger partial charge < -0.3 is 0 Å². The van der Waals surface area contributed by atoms with Crippen LogP contribution in [0.15, 0.2) is 6.20 Å². The molecule has 6 heteroatoms. The Balaban J connectivity index is 2.21. The largest absolute Gasteiger partial charge is 0.250 e. The Labute approximate surface area is 116 Å². The van der Waals surface area contributed by atoms with Crippen LogP contribution < -0.4 is 0 Å². The fraction of sp³-hybridized carbons (Fsp3) is 0.583. The van der Waals surface area contributed by atoms with Gasteiger partial charge in [0.1, 0.15) is 11.0 Å². The number of aryl methyl sites for hydroxylation is 1. The van der Waals surface area contributed by atoms with Crippen molar-refractivity contribution < 1.29 is 0 Å². The van der Waals surface area contributed by atoms with Crippen LogP contribution in [0.5, 0.6) is 0 Å². The van der Waals surface area contributed by atoms with E-state index >= 15 is 0 Å². The summed E-state index contributed by atoms with van der Waals surface area (Å²) in [5.74, 6) is 2.19. The molecule has 0 radical (unpaired) electrons. The molecular weight excluding hydrogens is 268 g/mol. The molecule has 4 nitrogen and oxygen atoms in total. The van der Waals surface area contributed by atoms with Gasteiger partial charge in [0.2, 0.25) is 0 Å². The van der Waals surface area contributed by atoms with Crippen molar-refractivity contribution in [1.29, 1.82) is 0 Å². The summed E-state index contributed by atoms with van der Waals surface area (Å²) < 4.78 is 1.73. The highest BCUT2D eigenvalue weighted by Gasteiger charge is 2.12. The van der Waals surface area contributed by atoms with Crippen LogP contribution in [-0.2, 0) is 12.8 Å². The minimum absolute atomic E-state index is 0.487. The van der Waals surface area contributed by atoms with Gasteiger partial charge in [0.05, 0.1) is 17.3 Å². The van der Waals surface area contributed by atoms with E-state index in [-0.39, 0.29) is 0 Å². The van der Waals surface area contributed by atoms with Gasteiger partial charge in [-0.15, -0.1) is 0 Å². The second-order valence-electron chi connectivity index (χ2n) is 4.70. The molecule has 0 aliphatic rings. The molecule has 0 aromatic carbocycles. The number of nitrogens with zero attached hydrogens (tertiary/aromatic N) is 4. The first-order chi connectivity index (χ1) is 8.49. The molecule has 1 atom stereocenters. The molecule has 0 bridgehead atoms. The van der Waals surface area contributed by atoms with Crippen molar-refractivity contribution in [2.75, 3.05) is 0 Å². The van der Waals surface area contributed by atoms with Gasteiger partial charge >= 0.3 is 0 Å². The third kappa shape index (κ3) is 2.78. The van der Waals surface area contributed by atoms with Gasteiger partial charge in [-0.2, -0.15) is 16.9 Å². The van der Waals surface area contributed by atoms with Crippen LogP contribution >= 0.6 is 23.4 Å². The Bertz CT molecular complexity index is 552. The fourth-order valence-corrected chi connectivity index (χ4v) is 2.65. The lowest BCUT2D eigenvalue weighted by atomic mass is 10.2. The van der Waals surface area contributed by atoms with E-state index in [4.69, 9.17) is 11.6 Å². The molecule has 0 amide bonds. The third-order valence-electron chi connectivity index (χ3n) is 3.01. The van der Waals surface area contributed by atoms with Crippen LogP contribution in [0.4, 0.5) is 0 Å². The lowest BCUT2D eigenvalue weighted by Gasteiger charge is -2.14. The fourth-order valence-electron chi connectivity index (χ4n) is 1.49. The predicted octanol–water partition coefficient (Wildman–Crippen LogP) is 3.29. The van der Waals surface area contributed by atoms with E-state index in [1.165, 1.54) is 0 Å². The number of rotatable bonds is 4. The summed E-state index contributed by atoms with van der Waals surface area (Å²) in [5.41, 5.74) is 0.794. The average molecular weight is 285 g/mol. The number of halogens is 1. The van der Waals surface area contributed by atoms with E-state index in [1.807, 2.05) is 18.8 Å². The summed E-state index contributed by atoms with van der Waals surface area (Å²) in [6, 6.07) is 0. The van der Waals surface area contributed by atoms with Crippen LogP contribution in [0.3, 0.4) is 0 Å². The van der Waals surface area contributed by atoms with Crippen molar-refractivity contribution in [3.63, 3.8) is 0 Å². The second kappa shape index (κ2) is 5.45. The smallest absolute Gasteiger partial charge is 0.162 e. The van der Waals surface area contributed by atoms with Gasteiger partial charge in [0.25, 0.3) is 0 Å². The molecule has 98 valence electrons. The number of hydrogen-bond donors (Lipinski definition) is 0. The normalized spacial score (nSPS) is 13.4. The van der Waals surface area contributed by atoms with Crippen molar-refractivity contribution in [3.8, 4) is 0 Å². The summed E-state index contributed by atoms with van der Waals surface area (Å²) in [4.78, 5) is 8.84. The quantitative estimate of drug-likeness (QED) is 0.808. The molecule has 2 rings (SSSR count). The maximum absolute atomic E-state index is 6.14. The minimum atomic E-state index is 0.487. The lowest BCUT2D eigenvalue weighted by Crippen LogP contribution is -2.07. The van der Waals surface area contributed by atoms with Gasteiger partial charge in [-0.05, 0) is 5.92 Å². The van der Waals surface area contributed by atoms with Gasteiger partial charge in [0.15, 0.2) is 5.65 Å². The zero-order valence-electron chi connectivity index (χ0n) is 11.0. The molecule has 18 heavy (non-hydrogen) atoms. The summed E-state index contributed by atoms with van der Waals surface area (Å²) in [7, 11) is 1.86. The Hall–Kier alpha value is -0.810. The second-order valence-corrected chi connectivity index (χ2v) is 6.42. The van der Waals surface area contributed by atoms with Crippen molar-refractivity contribution in [3.05, 3.63) is 17.2 Å². The predicted molar refractivity (Wildman–Crippen MR) is 76.9 cm³/mol. The van der Waals surface area contributed by atoms with E-state index in [1.54, 1.807) is 10.9 Å². The van der Waals surface area contributed by atoms with E-state index in [0.717, 1.165) is 22.6 Å². The molecule has 0 fully saturated rings. The highest BCUT2D eigenvalue weighted by atomic mass is 35.5. The van der Waals surface area contributed by atoms with Crippen LogP contribution in [0.2, 0.25) is 5.15 Å². The maximum atomic E-state index is 6.14. The van der Waals surface area contributed by atoms with E-state index in [2.05, 4.69) is 35.8 Å². The first-order valence-electron chi connectivity index (χ1n) is 5.94. The summed E-state index contributed by atoms with van der Waals surface area (Å²) in [6.07, 6.45) is 1.70. The molecular formula is C12H17ClN4S. The SMILES string of the molecule is CC(C)C(C)SCc1nc(Cl)c2cnn(C)c2n1. The van der Waals surface area contributed by atoms with Gasteiger partial charge in [-0.3, -0.25) is 4.68 Å². The van der Waals surface area contributed by atoms with E-state index < -0.39 is 0 Å². The minimum Gasteiger partial charge on any atom is -0.250 e. The molecule has 1 unspecified atom stereocenters. The number of aromatic nitrogens is 4. The zero-order chi connectivity index (χ0) is 13.3. The monoisotopic (exact) mass is 284 g/mol. The molecule has 2 aromatic rings. The molecule has 0 aliphatic heterocycles. The molecule has 0 saturated heterocycles. The van der Waals surface area contributed by atoms with Gasteiger partial charge in [-0.1, -0.05) is 32.4 Å². The first-order valence-corrected chi connectivity index (χ1v) is 7.37. The summed E-state index contributed by atoms with van der Waals surface area (Å²) in [5, 5.41) is 6.02. The Morgan fingerprint density at radius 2 is 2.06 bits per heavy atom. The molecule has 2 heterocycles. The van der Waals surface area contributed by atoms with Gasteiger partial charge in [-0.25, -0.2) is 9.97 Å².